The molecule has 0 spiro atoms. The fraction of sp³-hybridized carbons (Fsp3) is 0.208. The van der Waals surface area contributed by atoms with E-state index in [2.05, 4.69) is 6.07 Å². The molecule has 0 saturated heterocycles. The lowest BCUT2D eigenvalue weighted by Gasteiger charge is -2.21. The number of halogens is 1. The number of carbonyl (C=O) groups is 1. The van der Waals surface area contributed by atoms with E-state index in [0.29, 0.717) is 18.0 Å². The van der Waals surface area contributed by atoms with Crippen molar-refractivity contribution in [2.24, 2.45) is 0 Å². The van der Waals surface area contributed by atoms with Crippen LogP contribution in [-0.4, -0.2) is 33.7 Å². The summed E-state index contributed by atoms with van der Waals surface area (Å²) in [4.78, 5) is 14.1. The summed E-state index contributed by atoms with van der Waals surface area (Å²) in [6.07, 6.45) is 5.50. The first-order valence-corrected chi connectivity index (χ1v) is 10.1. The minimum Gasteiger partial charge on any atom is -0.338 e. The third-order valence-electron chi connectivity index (χ3n) is 4.93. The van der Waals surface area contributed by atoms with E-state index >= 15 is 0 Å². The van der Waals surface area contributed by atoms with Crippen LogP contribution in [0.1, 0.15) is 24.5 Å². The molecule has 30 heavy (non-hydrogen) atoms. The summed E-state index contributed by atoms with van der Waals surface area (Å²) in [6, 6.07) is 19.5. The van der Waals surface area contributed by atoms with Crippen LogP contribution in [0.4, 0.5) is 0 Å². The van der Waals surface area contributed by atoms with E-state index in [9.17, 15) is 4.79 Å². The molecule has 5 nitrogen and oxygen atoms in total. The van der Waals surface area contributed by atoms with Crippen LogP contribution in [0, 0.1) is 11.3 Å². The van der Waals surface area contributed by atoms with Crippen molar-refractivity contribution in [3.63, 3.8) is 0 Å². The monoisotopic (exact) mass is 418 g/mol. The molecule has 1 unspecified atom stereocenters. The van der Waals surface area contributed by atoms with Crippen LogP contribution < -0.4 is 0 Å². The molecular weight excluding hydrogens is 396 g/mol. The molecule has 0 aliphatic heterocycles. The molecule has 6 heteroatoms. The molecule has 152 valence electrons. The number of aromatic nitrogens is 2. The number of hydrogen-bond donors (Lipinski definition) is 0. The second-order valence-electron chi connectivity index (χ2n) is 7.08. The number of rotatable bonds is 7. The molecule has 0 bridgehead atoms. The lowest BCUT2D eigenvalue weighted by Crippen LogP contribution is -2.33. The van der Waals surface area contributed by atoms with Gasteiger partial charge in [-0.3, -0.25) is 9.48 Å². The zero-order valence-electron chi connectivity index (χ0n) is 17.0. The highest BCUT2D eigenvalue weighted by molar-refractivity contribution is 6.31. The molecule has 0 N–H and O–H groups in total. The van der Waals surface area contributed by atoms with Crippen LogP contribution >= 0.6 is 11.6 Å². The SMILES string of the molecule is CC(CC#N)N(C)C(=O)/C=C/c1cn(Cc2ccccc2Cl)nc1-c1ccccc1. The number of nitrogens with zero attached hydrogens (tertiary/aromatic N) is 4. The van der Waals surface area contributed by atoms with Gasteiger partial charge in [-0.05, 0) is 24.6 Å². The summed E-state index contributed by atoms with van der Waals surface area (Å²) in [5.41, 5.74) is 3.56. The van der Waals surface area contributed by atoms with Gasteiger partial charge in [0.05, 0.1) is 24.7 Å². The van der Waals surface area contributed by atoms with E-state index in [0.717, 1.165) is 22.4 Å². The van der Waals surface area contributed by atoms with Gasteiger partial charge in [-0.25, -0.2) is 0 Å². The lowest BCUT2D eigenvalue weighted by molar-refractivity contribution is -0.126. The van der Waals surface area contributed by atoms with E-state index in [-0.39, 0.29) is 11.9 Å². The van der Waals surface area contributed by atoms with Crippen LogP contribution in [0.3, 0.4) is 0 Å². The van der Waals surface area contributed by atoms with E-state index < -0.39 is 0 Å². The number of benzene rings is 2. The second-order valence-corrected chi connectivity index (χ2v) is 7.49. The molecule has 1 atom stereocenters. The maximum Gasteiger partial charge on any atom is 0.246 e. The second kappa shape index (κ2) is 9.91. The van der Waals surface area contributed by atoms with Crippen molar-refractivity contribution < 1.29 is 4.79 Å². The molecule has 3 aromatic rings. The maximum atomic E-state index is 12.5. The smallest absolute Gasteiger partial charge is 0.246 e. The minimum absolute atomic E-state index is 0.149. The summed E-state index contributed by atoms with van der Waals surface area (Å²) in [7, 11) is 1.70. The number of likely N-dealkylation sites (N-methyl/N-ethyl adjacent to an activating group) is 1. The Labute approximate surface area is 181 Å². The van der Waals surface area contributed by atoms with Gasteiger partial charge in [0.1, 0.15) is 0 Å². The Morgan fingerprint density at radius 1 is 1.23 bits per heavy atom. The third kappa shape index (κ3) is 5.16. The molecule has 1 heterocycles. The van der Waals surface area contributed by atoms with Gasteiger partial charge in [-0.15, -0.1) is 0 Å². The standard InChI is InChI=1S/C24H23ClN4O/c1-18(14-15-26)28(2)23(30)13-12-21-17-29(16-20-10-6-7-11-22(20)25)27-24(21)19-8-4-3-5-9-19/h3-13,17-18H,14,16H2,1-2H3/b13-12+. The third-order valence-corrected chi connectivity index (χ3v) is 5.30. The Bertz CT molecular complexity index is 1080. The Morgan fingerprint density at radius 3 is 2.63 bits per heavy atom. The first-order valence-electron chi connectivity index (χ1n) is 9.67. The summed E-state index contributed by atoms with van der Waals surface area (Å²) in [5, 5.41) is 14.3. The van der Waals surface area contributed by atoms with E-state index in [1.54, 1.807) is 18.0 Å². The van der Waals surface area contributed by atoms with Crippen molar-refractivity contribution in [1.29, 1.82) is 5.26 Å². The van der Waals surface area contributed by atoms with Crippen LogP contribution in [0.2, 0.25) is 5.02 Å². The van der Waals surface area contributed by atoms with Crippen LogP contribution in [0.5, 0.6) is 0 Å². The summed E-state index contributed by atoms with van der Waals surface area (Å²) >= 11 is 6.30. The highest BCUT2D eigenvalue weighted by atomic mass is 35.5. The van der Waals surface area contributed by atoms with Crippen molar-refractivity contribution in [2.75, 3.05) is 7.05 Å². The van der Waals surface area contributed by atoms with Gasteiger partial charge in [0.25, 0.3) is 0 Å². The largest absolute Gasteiger partial charge is 0.338 e. The highest BCUT2D eigenvalue weighted by Crippen LogP contribution is 2.24. The summed E-state index contributed by atoms with van der Waals surface area (Å²) in [6.45, 7) is 2.38. The van der Waals surface area contributed by atoms with Crippen molar-refractivity contribution >= 4 is 23.6 Å². The van der Waals surface area contributed by atoms with Crippen molar-refractivity contribution in [1.82, 2.24) is 14.7 Å². The van der Waals surface area contributed by atoms with Crippen LogP contribution in [0.15, 0.2) is 66.9 Å². The lowest BCUT2D eigenvalue weighted by atomic mass is 10.1. The molecule has 0 radical (unpaired) electrons. The Kier molecular flexibility index (Phi) is 7.05. The molecule has 2 aromatic carbocycles. The van der Waals surface area contributed by atoms with E-state index in [1.807, 2.05) is 72.4 Å². The number of carbonyl (C=O) groups excluding carboxylic acids is 1. The van der Waals surface area contributed by atoms with Crippen molar-refractivity contribution in [3.05, 3.63) is 83.0 Å². The molecule has 0 fully saturated rings. The molecular formula is C24H23ClN4O. The van der Waals surface area contributed by atoms with Crippen LogP contribution in [0.25, 0.3) is 17.3 Å². The maximum absolute atomic E-state index is 12.5. The average Bonchev–Trinajstić information content (AvgIpc) is 3.16. The van der Waals surface area contributed by atoms with Crippen molar-refractivity contribution in [2.45, 2.75) is 25.9 Å². The molecule has 1 amide bonds. The van der Waals surface area contributed by atoms with Gasteiger partial charge in [-0.1, -0.05) is 60.1 Å². The summed E-state index contributed by atoms with van der Waals surface area (Å²) < 4.78 is 1.83. The van der Waals surface area contributed by atoms with Gasteiger partial charge in [-0.2, -0.15) is 10.4 Å². The Morgan fingerprint density at radius 2 is 1.93 bits per heavy atom. The zero-order valence-corrected chi connectivity index (χ0v) is 17.8. The number of nitriles is 1. The quantitative estimate of drug-likeness (QED) is 0.506. The molecule has 3 rings (SSSR count). The van der Waals surface area contributed by atoms with Gasteiger partial charge in [0.2, 0.25) is 5.91 Å². The van der Waals surface area contributed by atoms with Crippen LogP contribution in [-0.2, 0) is 11.3 Å². The van der Waals surface area contributed by atoms with E-state index in [4.69, 9.17) is 22.0 Å². The topological polar surface area (TPSA) is 61.9 Å². The zero-order chi connectivity index (χ0) is 21.5. The van der Waals surface area contributed by atoms with Gasteiger partial charge in [0.15, 0.2) is 0 Å². The minimum atomic E-state index is -0.157. The highest BCUT2D eigenvalue weighted by Gasteiger charge is 2.14. The van der Waals surface area contributed by atoms with E-state index in [1.165, 1.54) is 6.08 Å². The predicted octanol–water partition coefficient (Wildman–Crippen LogP) is 5.03. The molecule has 0 aliphatic carbocycles. The van der Waals surface area contributed by atoms with Gasteiger partial charge in [0, 0.05) is 41.5 Å². The molecule has 0 saturated carbocycles. The van der Waals surface area contributed by atoms with Gasteiger partial charge < -0.3 is 4.90 Å². The number of hydrogen-bond acceptors (Lipinski definition) is 3. The fourth-order valence-electron chi connectivity index (χ4n) is 3.03. The molecule has 0 aliphatic rings. The predicted molar refractivity (Wildman–Crippen MR) is 120 cm³/mol. The Balaban J connectivity index is 1.90. The normalized spacial score (nSPS) is 11.9. The Hall–Kier alpha value is -3.36. The van der Waals surface area contributed by atoms with Gasteiger partial charge >= 0.3 is 0 Å². The number of amides is 1. The average molecular weight is 419 g/mol. The first-order chi connectivity index (χ1) is 14.5. The summed E-state index contributed by atoms with van der Waals surface area (Å²) in [5.74, 6) is -0.157. The van der Waals surface area contributed by atoms with Crippen molar-refractivity contribution in [3.8, 4) is 17.3 Å². The fourth-order valence-corrected chi connectivity index (χ4v) is 3.22. The first kappa shape index (κ1) is 21.4. The molecule has 1 aromatic heterocycles.